The first-order valence-corrected chi connectivity index (χ1v) is 31.5. The summed E-state index contributed by atoms with van der Waals surface area (Å²) in [4.78, 5) is 41.4. The van der Waals surface area contributed by atoms with Crippen molar-refractivity contribution >= 4 is 51.8 Å². The van der Waals surface area contributed by atoms with Gasteiger partial charge in [-0.25, -0.2) is 26.8 Å². The molecule has 2 saturated heterocycles. The molecule has 0 radical (unpaired) electrons. The van der Waals surface area contributed by atoms with Gasteiger partial charge in [0.05, 0.1) is 45.2 Å². The fourth-order valence-corrected chi connectivity index (χ4v) is 12.4. The summed E-state index contributed by atoms with van der Waals surface area (Å²) in [7, 11) is -2.16. The van der Waals surface area contributed by atoms with Gasteiger partial charge in [0.25, 0.3) is 20.2 Å². The zero-order chi connectivity index (χ0) is 55.7. The lowest BCUT2D eigenvalue weighted by Gasteiger charge is -2.31. The molecule has 424 valence electrons. The van der Waals surface area contributed by atoms with E-state index >= 15 is 0 Å². The number of aryl methyl sites for hydroxylation is 4. The zero-order valence-electron chi connectivity index (χ0n) is 45.8. The summed E-state index contributed by atoms with van der Waals surface area (Å²) in [5.41, 5.74) is 4.59. The predicted molar refractivity (Wildman–Crippen MR) is 305 cm³/mol. The summed E-state index contributed by atoms with van der Waals surface area (Å²) in [6, 6.07) is 9.12. The minimum Gasteiger partial charge on any atom is -0.493 e. The summed E-state index contributed by atoms with van der Waals surface area (Å²) in [6.45, 7) is 18.1. The Morgan fingerprint density at radius 1 is 0.636 bits per heavy atom. The van der Waals surface area contributed by atoms with Crippen LogP contribution in [0.25, 0.3) is 44.8 Å². The molecule has 0 unspecified atom stereocenters. The molecule has 2 aliphatic rings. The van der Waals surface area contributed by atoms with Gasteiger partial charge in [0.1, 0.15) is 34.2 Å². The van der Waals surface area contributed by atoms with Gasteiger partial charge in [-0.3, -0.25) is 9.59 Å². The van der Waals surface area contributed by atoms with E-state index in [2.05, 4.69) is 29.1 Å². The van der Waals surface area contributed by atoms with Gasteiger partial charge in [-0.15, -0.1) is 0 Å². The Hall–Kier alpha value is -5.09. The van der Waals surface area contributed by atoms with Crippen molar-refractivity contribution in [2.24, 2.45) is 11.8 Å². The lowest BCUT2D eigenvalue weighted by molar-refractivity contribution is 0.230. The summed E-state index contributed by atoms with van der Waals surface area (Å²) >= 11 is 0. The van der Waals surface area contributed by atoms with E-state index in [0.717, 1.165) is 87.7 Å². The smallest absolute Gasteiger partial charge is 0.275 e. The molecule has 5 N–H and O–H groups in total. The third-order valence-electron chi connectivity index (χ3n) is 14.1. The predicted octanol–water partition coefficient (Wildman–Crippen LogP) is 9.16. The first kappa shape index (κ1) is 61.1. The second-order valence-corrected chi connectivity index (χ2v) is 24.3. The molecule has 0 amide bonds. The standard InChI is InChI=1S/C28H40N4O5S.C20H24ClN3O4S.C8H17NO/c1-4-8-21-19-31(6-3)26-25(21)29-27(30-28(26)34)23-18-22(10-11-24(23)37-17-5-2)38(35,36)32-14-12-20(13-15-32)9-7-16-33;1-4-7-13-12-24(6-3)18-17(13)22-19(23-20(18)25)15-11-14(29(21,26)27)8-9-16(15)28-10-5-2;10-7-1-2-8-3-5-9-6-4-8/h10-11,18-20,33H,4-9,12-17H2,1-3H3,(H,29,30,34);8-9,11-12H,4-7,10H2,1-3H3,(H,22,23,25);8-10H,1-7H2. The number of ether oxygens (including phenoxy) is 2. The number of aromatic nitrogens is 6. The SMILES string of the molecule is CCCOc1ccc(S(=O)(=O)Cl)cc1-c1nc2c(CCC)cn(CC)c2c(=O)[nH]1.CCCOc1ccc(S(=O)(=O)N2CCC(CCCO)CC2)cc1-c1nc2c(CCC)cn(CC)c2c(=O)[nH]1.OCCCC1CCNCC1. The molecule has 6 aromatic rings. The Morgan fingerprint density at radius 3 is 1.49 bits per heavy atom. The number of piperidine rings is 2. The summed E-state index contributed by atoms with van der Waals surface area (Å²) in [5, 5.41) is 21.0. The van der Waals surface area contributed by atoms with Gasteiger partial charge in [-0.05, 0) is 163 Å². The Balaban J connectivity index is 0.000000216. The van der Waals surface area contributed by atoms with Crippen LogP contribution in [0.4, 0.5) is 0 Å². The van der Waals surface area contributed by atoms with Crippen LogP contribution in [-0.4, -0.2) is 113 Å². The summed E-state index contributed by atoms with van der Waals surface area (Å²) < 4.78 is 68.0. The molecule has 2 aliphatic heterocycles. The van der Waals surface area contributed by atoms with Gasteiger partial charge in [-0.1, -0.05) is 40.5 Å². The molecular formula is C56H81ClN8O10S2. The number of aliphatic hydroxyl groups is 2. The third kappa shape index (κ3) is 15.6. The largest absolute Gasteiger partial charge is 0.493 e. The van der Waals surface area contributed by atoms with Crippen molar-refractivity contribution in [1.29, 1.82) is 0 Å². The van der Waals surface area contributed by atoms with Crippen LogP contribution in [0.5, 0.6) is 11.5 Å². The van der Waals surface area contributed by atoms with E-state index in [0.29, 0.717) is 102 Å². The molecule has 77 heavy (non-hydrogen) atoms. The molecule has 18 nitrogen and oxygen atoms in total. The molecule has 21 heteroatoms. The van der Waals surface area contributed by atoms with Gasteiger partial charge in [0, 0.05) is 62.5 Å². The maximum absolute atomic E-state index is 13.6. The van der Waals surface area contributed by atoms with Crippen LogP contribution in [0.15, 0.2) is 68.2 Å². The molecule has 6 heterocycles. The van der Waals surface area contributed by atoms with Crippen molar-refractivity contribution in [3.8, 4) is 34.3 Å². The van der Waals surface area contributed by atoms with Crippen molar-refractivity contribution in [2.45, 2.75) is 154 Å². The quantitative estimate of drug-likeness (QED) is 0.0376. The molecule has 4 aromatic heterocycles. The number of rotatable bonds is 23. The normalized spacial score (nSPS) is 14.8. The Labute approximate surface area is 458 Å². The van der Waals surface area contributed by atoms with Gasteiger partial charge in [0.15, 0.2) is 0 Å². The number of aliphatic hydroxyl groups excluding tert-OH is 2. The van der Waals surface area contributed by atoms with Gasteiger partial charge >= 0.3 is 0 Å². The van der Waals surface area contributed by atoms with E-state index < -0.39 is 19.1 Å². The van der Waals surface area contributed by atoms with Crippen LogP contribution < -0.4 is 25.9 Å². The highest BCUT2D eigenvalue weighted by molar-refractivity contribution is 8.13. The van der Waals surface area contributed by atoms with Gasteiger partial charge < -0.3 is 44.1 Å². The Kier molecular flexibility index (Phi) is 23.2. The van der Waals surface area contributed by atoms with E-state index in [1.807, 2.05) is 49.2 Å². The fourth-order valence-electron chi connectivity index (χ4n) is 10.1. The van der Waals surface area contributed by atoms with Crippen molar-refractivity contribution in [1.82, 2.24) is 38.7 Å². The van der Waals surface area contributed by atoms with Crippen molar-refractivity contribution < 1.29 is 36.5 Å². The van der Waals surface area contributed by atoms with E-state index in [4.69, 9.17) is 40.3 Å². The second kappa shape index (κ2) is 29.2. The maximum atomic E-state index is 13.6. The average molecular weight is 1130 g/mol. The molecular weight excluding hydrogens is 1040 g/mol. The monoisotopic (exact) mass is 1120 g/mol. The molecule has 0 saturated carbocycles. The minimum atomic E-state index is -3.95. The summed E-state index contributed by atoms with van der Waals surface area (Å²) in [6.07, 6.45) is 17.0. The van der Waals surface area contributed by atoms with Crippen LogP contribution in [-0.2, 0) is 45.0 Å². The zero-order valence-corrected chi connectivity index (χ0v) is 48.2. The van der Waals surface area contributed by atoms with E-state index in [-0.39, 0.29) is 33.3 Å². The number of nitrogens with one attached hydrogen (secondary N) is 3. The number of aromatic amines is 2. The van der Waals surface area contributed by atoms with Gasteiger partial charge in [-0.2, -0.15) is 4.31 Å². The highest BCUT2D eigenvalue weighted by atomic mass is 35.7. The van der Waals surface area contributed by atoms with Crippen LogP contribution >= 0.6 is 10.7 Å². The number of fused-ring (bicyclic) bond motifs is 2. The van der Waals surface area contributed by atoms with Crippen molar-refractivity contribution in [3.63, 3.8) is 0 Å². The highest BCUT2D eigenvalue weighted by Gasteiger charge is 2.31. The molecule has 0 bridgehead atoms. The summed E-state index contributed by atoms with van der Waals surface area (Å²) in [5.74, 6) is 2.80. The van der Waals surface area contributed by atoms with Crippen LogP contribution in [0.2, 0.25) is 0 Å². The Bertz CT molecular complexity index is 3210. The molecule has 2 aromatic carbocycles. The third-order valence-corrected chi connectivity index (χ3v) is 17.4. The molecule has 0 aliphatic carbocycles. The molecule has 0 spiro atoms. The van der Waals surface area contributed by atoms with Crippen molar-refractivity contribution in [3.05, 3.63) is 80.6 Å². The van der Waals surface area contributed by atoms with E-state index in [1.54, 1.807) is 18.2 Å². The number of sulfonamides is 1. The number of hydrogen-bond acceptors (Lipinski definition) is 13. The van der Waals surface area contributed by atoms with Crippen LogP contribution in [0, 0.1) is 11.8 Å². The second-order valence-electron chi connectivity index (χ2n) is 19.8. The average Bonchev–Trinajstić information content (AvgIpc) is 3.99. The molecule has 2 fully saturated rings. The fraction of sp³-hybridized carbons (Fsp3) is 0.571. The first-order valence-electron chi connectivity index (χ1n) is 27.7. The topological polar surface area (TPSA) is 244 Å². The molecule has 0 atom stereocenters. The number of halogens is 1. The number of nitrogens with zero attached hydrogens (tertiary/aromatic N) is 5. The van der Waals surface area contributed by atoms with Gasteiger partial charge in [0.2, 0.25) is 10.0 Å². The molecule has 8 rings (SSSR count). The van der Waals surface area contributed by atoms with Crippen molar-refractivity contribution in [2.75, 3.05) is 52.6 Å². The van der Waals surface area contributed by atoms with Crippen LogP contribution in [0.3, 0.4) is 0 Å². The maximum Gasteiger partial charge on any atom is 0.275 e. The lowest BCUT2D eigenvalue weighted by Crippen LogP contribution is -2.38. The van der Waals surface area contributed by atoms with Crippen LogP contribution in [0.1, 0.15) is 130 Å². The number of H-pyrrole nitrogens is 2. The number of benzene rings is 2. The number of hydrogen-bond donors (Lipinski definition) is 5. The minimum absolute atomic E-state index is 0.0827. The first-order chi connectivity index (χ1) is 37.1. The van der Waals surface area contributed by atoms with E-state index in [9.17, 15) is 26.4 Å². The lowest BCUT2D eigenvalue weighted by atomic mass is 9.93. The van der Waals surface area contributed by atoms with E-state index in [1.165, 1.54) is 54.9 Å². The Morgan fingerprint density at radius 2 is 1.08 bits per heavy atom. The highest BCUT2D eigenvalue weighted by Crippen LogP contribution is 2.35.